The SMILES string of the molecule is CNCC1CCCN(S(=O)(=O)C2CCS(=O)(=O)CC2)C1. The molecule has 0 aromatic rings. The standard InChI is InChI=1S/C12H24N2O4S2/c1-13-9-11-3-2-6-14(10-11)20(17,18)12-4-7-19(15,16)8-5-12/h11-13H,2-10H2,1H3. The second kappa shape index (κ2) is 6.29. The van der Waals surface area contributed by atoms with E-state index in [1.807, 2.05) is 7.05 Å². The lowest BCUT2D eigenvalue weighted by Gasteiger charge is -2.35. The first kappa shape index (κ1) is 16.2. The largest absolute Gasteiger partial charge is 0.319 e. The van der Waals surface area contributed by atoms with Gasteiger partial charge in [-0.05, 0) is 45.2 Å². The molecule has 1 unspecified atom stereocenters. The van der Waals surface area contributed by atoms with Crippen LogP contribution in [0.3, 0.4) is 0 Å². The predicted octanol–water partition coefficient (Wildman–Crippen LogP) is -0.175. The van der Waals surface area contributed by atoms with Gasteiger partial charge in [0.15, 0.2) is 0 Å². The van der Waals surface area contributed by atoms with Crippen molar-refractivity contribution < 1.29 is 16.8 Å². The van der Waals surface area contributed by atoms with Gasteiger partial charge in [-0.3, -0.25) is 0 Å². The maximum absolute atomic E-state index is 12.6. The summed E-state index contributed by atoms with van der Waals surface area (Å²) in [5.74, 6) is 0.367. The molecule has 6 nitrogen and oxygen atoms in total. The molecule has 118 valence electrons. The maximum atomic E-state index is 12.6. The minimum absolute atomic E-state index is 0.00464. The van der Waals surface area contributed by atoms with E-state index in [0.29, 0.717) is 19.0 Å². The Morgan fingerprint density at radius 1 is 1.20 bits per heavy atom. The highest BCUT2D eigenvalue weighted by Crippen LogP contribution is 2.26. The molecule has 0 aromatic carbocycles. The quantitative estimate of drug-likeness (QED) is 0.776. The average Bonchev–Trinajstić information content (AvgIpc) is 2.39. The molecule has 2 heterocycles. The minimum Gasteiger partial charge on any atom is -0.319 e. The van der Waals surface area contributed by atoms with E-state index >= 15 is 0 Å². The summed E-state index contributed by atoms with van der Waals surface area (Å²) in [5.41, 5.74) is 0. The normalized spacial score (nSPS) is 29.4. The Kier molecular flexibility index (Phi) is 5.09. The fraction of sp³-hybridized carbons (Fsp3) is 1.00. The van der Waals surface area contributed by atoms with E-state index in [9.17, 15) is 16.8 Å². The Morgan fingerprint density at radius 3 is 2.45 bits per heavy atom. The van der Waals surface area contributed by atoms with Crippen molar-refractivity contribution in [3.63, 3.8) is 0 Å². The fourth-order valence-electron chi connectivity index (χ4n) is 3.09. The van der Waals surface area contributed by atoms with E-state index in [2.05, 4.69) is 5.32 Å². The number of sulfonamides is 1. The van der Waals surface area contributed by atoms with Gasteiger partial charge in [-0.1, -0.05) is 0 Å². The maximum Gasteiger partial charge on any atom is 0.217 e. The molecule has 0 radical (unpaired) electrons. The molecule has 0 saturated carbocycles. The van der Waals surface area contributed by atoms with Crippen molar-refractivity contribution in [1.29, 1.82) is 0 Å². The third kappa shape index (κ3) is 3.72. The van der Waals surface area contributed by atoms with E-state index < -0.39 is 25.1 Å². The summed E-state index contributed by atoms with van der Waals surface area (Å²) in [6.07, 6.45) is 2.43. The second-order valence-electron chi connectivity index (χ2n) is 5.82. The fourth-order valence-corrected chi connectivity index (χ4v) is 6.94. The topological polar surface area (TPSA) is 83.6 Å². The van der Waals surface area contributed by atoms with Crippen LogP contribution in [0.2, 0.25) is 0 Å². The molecule has 2 saturated heterocycles. The zero-order valence-electron chi connectivity index (χ0n) is 11.9. The Hall–Kier alpha value is -0.180. The number of hydrogen-bond donors (Lipinski definition) is 1. The van der Waals surface area contributed by atoms with Gasteiger partial charge in [0.1, 0.15) is 9.84 Å². The Balaban J connectivity index is 2.03. The van der Waals surface area contributed by atoms with Crippen LogP contribution in [0.5, 0.6) is 0 Å². The Labute approximate surface area is 121 Å². The molecule has 0 spiro atoms. The monoisotopic (exact) mass is 324 g/mol. The van der Waals surface area contributed by atoms with Crippen molar-refractivity contribution in [2.24, 2.45) is 5.92 Å². The van der Waals surface area contributed by atoms with Crippen molar-refractivity contribution >= 4 is 19.9 Å². The van der Waals surface area contributed by atoms with Crippen LogP contribution in [0.4, 0.5) is 0 Å². The summed E-state index contributed by atoms with van der Waals surface area (Å²) >= 11 is 0. The number of nitrogens with zero attached hydrogens (tertiary/aromatic N) is 1. The highest BCUT2D eigenvalue weighted by Gasteiger charge is 2.38. The van der Waals surface area contributed by atoms with Gasteiger partial charge in [-0.25, -0.2) is 21.1 Å². The van der Waals surface area contributed by atoms with Gasteiger partial charge >= 0.3 is 0 Å². The third-order valence-corrected chi connectivity index (χ3v) is 8.34. The smallest absolute Gasteiger partial charge is 0.217 e. The van der Waals surface area contributed by atoms with Gasteiger partial charge in [-0.2, -0.15) is 0 Å². The summed E-state index contributed by atoms with van der Waals surface area (Å²) < 4.78 is 49.6. The van der Waals surface area contributed by atoms with Crippen LogP contribution in [0.25, 0.3) is 0 Å². The highest BCUT2D eigenvalue weighted by molar-refractivity contribution is 7.92. The second-order valence-corrected chi connectivity index (χ2v) is 10.3. The Morgan fingerprint density at radius 2 is 1.85 bits per heavy atom. The molecular formula is C12H24N2O4S2. The summed E-state index contributed by atoms with van der Waals surface area (Å²) in [7, 11) is -4.49. The zero-order chi connectivity index (χ0) is 14.8. The zero-order valence-corrected chi connectivity index (χ0v) is 13.5. The van der Waals surface area contributed by atoms with Gasteiger partial charge in [0.2, 0.25) is 10.0 Å². The molecule has 2 aliphatic heterocycles. The van der Waals surface area contributed by atoms with Crippen LogP contribution in [-0.4, -0.2) is 64.6 Å². The molecule has 1 atom stereocenters. The van der Waals surface area contributed by atoms with E-state index in [4.69, 9.17) is 0 Å². The van der Waals surface area contributed by atoms with E-state index in [1.165, 1.54) is 0 Å². The molecule has 0 bridgehead atoms. The van der Waals surface area contributed by atoms with Crippen molar-refractivity contribution in [1.82, 2.24) is 9.62 Å². The minimum atomic E-state index is -3.35. The van der Waals surface area contributed by atoms with Crippen molar-refractivity contribution in [3.8, 4) is 0 Å². The van der Waals surface area contributed by atoms with Gasteiger partial charge in [-0.15, -0.1) is 0 Å². The van der Waals surface area contributed by atoms with E-state index in [0.717, 1.165) is 19.4 Å². The summed E-state index contributed by atoms with van der Waals surface area (Å²) in [6.45, 7) is 1.96. The molecule has 0 aromatic heterocycles. The van der Waals surface area contributed by atoms with Gasteiger partial charge < -0.3 is 5.32 Å². The number of sulfone groups is 1. The number of nitrogens with one attached hydrogen (secondary N) is 1. The number of piperidine rings is 1. The molecule has 20 heavy (non-hydrogen) atoms. The van der Waals surface area contributed by atoms with Crippen LogP contribution >= 0.6 is 0 Å². The molecule has 8 heteroatoms. The van der Waals surface area contributed by atoms with Crippen molar-refractivity contribution in [3.05, 3.63) is 0 Å². The van der Waals surface area contributed by atoms with E-state index in [1.54, 1.807) is 4.31 Å². The molecule has 0 amide bonds. The van der Waals surface area contributed by atoms with Crippen LogP contribution < -0.4 is 5.32 Å². The Bertz CT molecular complexity index is 514. The number of hydrogen-bond acceptors (Lipinski definition) is 5. The molecule has 2 fully saturated rings. The molecule has 0 aliphatic carbocycles. The molecule has 2 rings (SSSR count). The first-order valence-corrected chi connectivity index (χ1v) is 10.5. The third-order valence-electron chi connectivity index (χ3n) is 4.26. The lowest BCUT2D eigenvalue weighted by molar-refractivity contribution is 0.260. The molecule has 1 N–H and O–H groups in total. The van der Waals surface area contributed by atoms with Crippen LogP contribution in [0.15, 0.2) is 0 Å². The average molecular weight is 324 g/mol. The summed E-state index contributed by atoms with van der Waals surface area (Å²) in [5, 5.41) is 2.58. The lowest BCUT2D eigenvalue weighted by atomic mass is 10.00. The van der Waals surface area contributed by atoms with Crippen molar-refractivity contribution in [2.45, 2.75) is 30.9 Å². The van der Waals surface area contributed by atoms with Crippen molar-refractivity contribution in [2.75, 3.05) is 38.2 Å². The van der Waals surface area contributed by atoms with Crippen LogP contribution in [0.1, 0.15) is 25.7 Å². The first-order chi connectivity index (χ1) is 9.35. The summed E-state index contributed by atoms with van der Waals surface area (Å²) in [4.78, 5) is 0. The molecular weight excluding hydrogens is 300 g/mol. The number of rotatable bonds is 4. The van der Waals surface area contributed by atoms with Crippen LogP contribution in [0, 0.1) is 5.92 Å². The first-order valence-electron chi connectivity index (χ1n) is 7.19. The van der Waals surface area contributed by atoms with Crippen LogP contribution in [-0.2, 0) is 19.9 Å². The lowest BCUT2D eigenvalue weighted by Crippen LogP contribution is -2.48. The highest BCUT2D eigenvalue weighted by atomic mass is 32.2. The molecule has 2 aliphatic rings. The van der Waals surface area contributed by atoms with Gasteiger partial charge in [0, 0.05) is 13.1 Å². The van der Waals surface area contributed by atoms with E-state index in [-0.39, 0.29) is 24.3 Å². The van der Waals surface area contributed by atoms with Gasteiger partial charge in [0.05, 0.1) is 16.8 Å². The summed E-state index contributed by atoms with van der Waals surface area (Å²) in [6, 6.07) is 0. The predicted molar refractivity (Wildman–Crippen MR) is 78.8 cm³/mol. The van der Waals surface area contributed by atoms with Gasteiger partial charge in [0.25, 0.3) is 0 Å².